The second-order valence-electron chi connectivity index (χ2n) is 6.66. The molecule has 0 aromatic heterocycles. The summed E-state index contributed by atoms with van der Waals surface area (Å²) in [6, 6.07) is 6.15. The summed E-state index contributed by atoms with van der Waals surface area (Å²) in [5.74, 6) is 1.12. The van der Waals surface area contributed by atoms with Crippen LogP contribution in [0.4, 0.5) is 5.69 Å². The molecule has 3 nitrogen and oxygen atoms in total. The molecule has 0 saturated carbocycles. The molecule has 0 bridgehead atoms. The molecule has 0 radical (unpaired) electrons. The highest BCUT2D eigenvalue weighted by Crippen LogP contribution is 2.37. The van der Waals surface area contributed by atoms with Crippen molar-refractivity contribution in [3.05, 3.63) is 22.7 Å². The van der Waals surface area contributed by atoms with Gasteiger partial charge in [-0.15, -0.1) is 23.2 Å². The van der Waals surface area contributed by atoms with Gasteiger partial charge in [0.25, 0.3) is 0 Å². The van der Waals surface area contributed by atoms with Gasteiger partial charge in [0.15, 0.2) is 0 Å². The summed E-state index contributed by atoms with van der Waals surface area (Å²) in [6.45, 7) is 9.72. The van der Waals surface area contributed by atoms with E-state index in [4.69, 9.17) is 32.5 Å². The number of hydrogen-bond donors (Lipinski definition) is 0. The van der Waals surface area contributed by atoms with Crippen LogP contribution < -0.4 is 10.4 Å². The van der Waals surface area contributed by atoms with Gasteiger partial charge in [-0.1, -0.05) is 6.07 Å². The van der Waals surface area contributed by atoms with Crippen molar-refractivity contribution in [3.8, 4) is 0 Å². The first-order valence-electron chi connectivity index (χ1n) is 7.74. The molecule has 1 fully saturated rings. The van der Waals surface area contributed by atoms with Crippen molar-refractivity contribution in [2.75, 3.05) is 29.7 Å². The van der Waals surface area contributed by atoms with E-state index < -0.39 is 0 Å². The van der Waals surface area contributed by atoms with Crippen molar-refractivity contribution in [3.63, 3.8) is 0 Å². The normalized spacial score (nSPS) is 19.2. The average Bonchev–Trinajstić information content (AvgIpc) is 2.67. The minimum Gasteiger partial charge on any atom is -0.399 e. The Labute approximate surface area is 157 Å². The van der Waals surface area contributed by atoms with Crippen molar-refractivity contribution in [2.45, 2.75) is 38.9 Å². The molecule has 0 amide bonds. The van der Waals surface area contributed by atoms with Gasteiger partial charge in [-0.2, -0.15) is 0 Å². The molecular formula is C16H23BBrCl2NO2. The molecule has 23 heavy (non-hydrogen) atoms. The highest BCUT2D eigenvalue weighted by molar-refractivity contribution is 9.10. The van der Waals surface area contributed by atoms with Gasteiger partial charge < -0.3 is 14.2 Å². The maximum Gasteiger partial charge on any atom is 0.494 e. The van der Waals surface area contributed by atoms with Crippen LogP contribution in [0.15, 0.2) is 22.7 Å². The summed E-state index contributed by atoms with van der Waals surface area (Å²) >= 11 is 15.4. The van der Waals surface area contributed by atoms with Crippen molar-refractivity contribution in [1.82, 2.24) is 0 Å². The highest BCUT2D eigenvalue weighted by atomic mass is 79.9. The van der Waals surface area contributed by atoms with Crippen LogP contribution in [0.2, 0.25) is 0 Å². The molecule has 0 spiro atoms. The number of rotatable bonds is 6. The van der Waals surface area contributed by atoms with Crippen molar-refractivity contribution >= 4 is 57.4 Å². The molecule has 7 heteroatoms. The Morgan fingerprint density at radius 2 is 1.57 bits per heavy atom. The van der Waals surface area contributed by atoms with E-state index in [-0.39, 0.29) is 18.3 Å². The molecule has 0 N–H and O–H groups in total. The van der Waals surface area contributed by atoms with E-state index in [9.17, 15) is 0 Å². The Balaban J connectivity index is 2.23. The van der Waals surface area contributed by atoms with Gasteiger partial charge in [-0.3, -0.25) is 0 Å². The summed E-state index contributed by atoms with van der Waals surface area (Å²) in [5, 5.41) is 0. The van der Waals surface area contributed by atoms with E-state index in [1.807, 2.05) is 12.1 Å². The summed E-state index contributed by atoms with van der Waals surface area (Å²) < 4.78 is 13.2. The van der Waals surface area contributed by atoms with E-state index in [0.717, 1.165) is 28.7 Å². The molecule has 1 aromatic carbocycles. The van der Waals surface area contributed by atoms with Crippen LogP contribution in [0.5, 0.6) is 0 Å². The topological polar surface area (TPSA) is 21.7 Å². The van der Waals surface area contributed by atoms with Crippen molar-refractivity contribution in [1.29, 1.82) is 0 Å². The lowest BCUT2D eigenvalue weighted by molar-refractivity contribution is 0.00578. The van der Waals surface area contributed by atoms with Crippen LogP contribution in [0.3, 0.4) is 0 Å². The second-order valence-corrected chi connectivity index (χ2v) is 8.27. The largest absolute Gasteiger partial charge is 0.494 e. The number of halogens is 3. The zero-order chi connectivity index (χ0) is 17.3. The van der Waals surface area contributed by atoms with E-state index in [0.29, 0.717) is 11.8 Å². The Kier molecular flexibility index (Phi) is 6.35. The zero-order valence-corrected chi connectivity index (χ0v) is 17.1. The van der Waals surface area contributed by atoms with Gasteiger partial charge in [-0.25, -0.2) is 0 Å². The molecule has 1 aliphatic heterocycles. The highest BCUT2D eigenvalue weighted by Gasteiger charge is 2.51. The fraction of sp³-hybridized carbons (Fsp3) is 0.625. The quantitative estimate of drug-likeness (QED) is 0.510. The first-order chi connectivity index (χ1) is 10.7. The van der Waals surface area contributed by atoms with Crippen LogP contribution >= 0.6 is 39.1 Å². The number of benzene rings is 1. The molecule has 0 unspecified atom stereocenters. The van der Waals surface area contributed by atoms with Crippen LogP contribution in [0.25, 0.3) is 0 Å². The maximum absolute atomic E-state index is 6.10. The third-order valence-corrected chi connectivity index (χ3v) is 5.52. The van der Waals surface area contributed by atoms with Gasteiger partial charge in [0, 0.05) is 29.3 Å². The summed E-state index contributed by atoms with van der Waals surface area (Å²) in [5.41, 5.74) is 1.39. The maximum atomic E-state index is 6.10. The number of anilines is 1. The summed E-state index contributed by atoms with van der Waals surface area (Å²) in [6.07, 6.45) is 0. The van der Waals surface area contributed by atoms with E-state index in [1.54, 1.807) is 0 Å². The predicted octanol–water partition coefficient (Wildman–Crippen LogP) is 4.03. The summed E-state index contributed by atoms with van der Waals surface area (Å²) in [7, 11) is -0.361. The second kappa shape index (κ2) is 7.53. The first-order valence-corrected chi connectivity index (χ1v) is 9.60. The molecule has 0 atom stereocenters. The number of hydrogen-bond acceptors (Lipinski definition) is 3. The van der Waals surface area contributed by atoms with E-state index in [1.165, 1.54) is 0 Å². The molecule has 0 aliphatic carbocycles. The molecular weight excluding hydrogens is 400 g/mol. The lowest BCUT2D eigenvalue weighted by Gasteiger charge is -2.32. The SMILES string of the molecule is CC1(C)OB(c2ccc(N(CCCl)CCCl)c(Br)c2)OC1(C)C. The Morgan fingerprint density at radius 3 is 2.00 bits per heavy atom. The van der Waals surface area contributed by atoms with E-state index >= 15 is 0 Å². The Hall–Kier alpha value is 0.0649. The zero-order valence-electron chi connectivity index (χ0n) is 14.0. The fourth-order valence-corrected chi connectivity index (χ4v) is 3.52. The predicted molar refractivity (Wildman–Crippen MR) is 104 cm³/mol. The monoisotopic (exact) mass is 421 g/mol. The minimum absolute atomic E-state index is 0.341. The van der Waals surface area contributed by atoms with Crippen molar-refractivity contribution < 1.29 is 9.31 Å². The molecule has 2 rings (SSSR count). The van der Waals surface area contributed by atoms with Crippen LogP contribution in [-0.4, -0.2) is 43.2 Å². The Bertz CT molecular complexity index is 535. The van der Waals surface area contributed by atoms with Gasteiger partial charge >= 0.3 is 7.12 Å². The lowest BCUT2D eigenvalue weighted by atomic mass is 9.79. The molecule has 128 valence electrons. The van der Waals surface area contributed by atoms with Gasteiger partial charge in [-0.05, 0) is 61.2 Å². The third kappa shape index (κ3) is 4.19. The number of nitrogens with zero attached hydrogens (tertiary/aromatic N) is 1. The van der Waals surface area contributed by atoms with Crippen LogP contribution in [0, 0.1) is 0 Å². The molecule has 1 heterocycles. The van der Waals surface area contributed by atoms with E-state index in [2.05, 4.69) is 54.6 Å². The van der Waals surface area contributed by atoms with Crippen molar-refractivity contribution in [2.24, 2.45) is 0 Å². The molecule has 1 aromatic rings. The van der Waals surface area contributed by atoms with Crippen LogP contribution in [-0.2, 0) is 9.31 Å². The third-order valence-electron chi connectivity index (χ3n) is 4.55. The van der Waals surface area contributed by atoms with Gasteiger partial charge in [0.2, 0.25) is 0 Å². The standard InChI is InChI=1S/C16H23BBrCl2NO2/c1-15(2)16(3,4)23-17(22-15)12-5-6-14(13(18)11-12)21(9-7-19)10-8-20/h5-6,11H,7-10H2,1-4H3. The fourth-order valence-electron chi connectivity index (χ4n) is 2.46. The number of alkyl halides is 2. The lowest BCUT2D eigenvalue weighted by Crippen LogP contribution is -2.41. The average molecular weight is 423 g/mol. The minimum atomic E-state index is -0.361. The first kappa shape index (κ1) is 19.4. The van der Waals surface area contributed by atoms with Gasteiger partial charge in [0.05, 0.1) is 16.9 Å². The van der Waals surface area contributed by atoms with Crippen LogP contribution in [0.1, 0.15) is 27.7 Å². The molecule has 1 saturated heterocycles. The Morgan fingerprint density at radius 1 is 1.04 bits per heavy atom. The van der Waals surface area contributed by atoms with Gasteiger partial charge in [0.1, 0.15) is 0 Å². The molecule has 1 aliphatic rings. The smallest absolute Gasteiger partial charge is 0.399 e. The summed E-state index contributed by atoms with van der Waals surface area (Å²) in [4.78, 5) is 2.16.